The molecule has 3 unspecified atom stereocenters. The zero-order valence-electron chi connectivity index (χ0n) is 16.0. The Hall–Kier alpha value is -2.42. The van der Waals surface area contributed by atoms with E-state index in [0.29, 0.717) is 21.2 Å². The number of hydrogen-bond donors (Lipinski definition) is 1. The Morgan fingerprint density at radius 3 is 2.79 bits per heavy atom. The van der Waals surface area contributed by atoms with Gasteiger partial charge >= 0.3 is 6.18 Å². The van der Waals surface area contributed by atoms with Gasteiger partial charge in [0, 0.05) is 6.04 Å². The molecule has 3 aromatic heterocycles. The fraction of sp³-hybridized carbons (Fsp3) is 0.450. The van der Waals surface area contributed by atoms with E-state index in [1.54, 1.807) is 17.5 Å². The standard InChI is InChI=1S/C20H21F3N4OS/c1-11-5-3-6-14(12(11)2)26-19(28)13-10-24-27-17(20(21,22)23)9-15(25-18(13)27)16-7-4-8-29-16/h4,7-12,14H,3,5-6H2,1-2H3,(H,26,28). The molecule has 3 atom stereocenters. The van der Waals surface area contributed by atoms with E-state index in [-0.39, 0.29) is 22.9 Å². The Bertz CT molecular complexity index is 1030. The molecular formula is C20H21F3N4OS. The van der Waals surface area contributed by atoms with Crippen LogP contribution in [0.25, 0.3) is 16.2 Å². The molecule has 0 spiro atoms. The maximum absolute atomic E-state index is 13.6. The van der Waals surface area contributed by atoms with Gasteiger partial charge in [-0.2, -0.15) is 18.3 Å². The number of nitrogens with one attached hydrogen (secondary N) is 1. The Kier molecular flexibility index (Phi) is 5.10. The number of rotatable bonds is 3. The van der Waals surface area contributed by atoms with Crippen molar-refractivity contribution < 1.29 is 18.0 Å². The average Bonchev–Trinajstić information content (AvgIpc) is 3.33. The predicted molar refractivity (Wildman–Crippen MR) is 105 cm³/mol. The van der Waals surface area contributed by atoms with Crippen LogP contribution in [0.2, 0.25) is 0 Å². The molecule has 9 heteroatoms. The van der Waals surface area contributed by atoms with Crippen molar-refractivity contribution in [2.75, 3.05) is 0 Å². The van der Waals surface area contributed by atoms with Gasteiger partial charge in [-0.05, 0) is 35.8 Å². The minimum absolute atomic E-state index is 0.0104. The quantitative estimate of drug-likeness (QED) is 0.644. The van der Waals surface area contributed by atoms with Gasteiger partial charge in [-0.15, -0.1) is 11.3 Å². The van der Waals surface area contributed by atoms with Crippen molar-refractivity contribution in [1.82, 2.24) is 19.9 Å². The van der Waals surface area contributed by atoms with Gasteiger partial charge in [0.1, 0.15) is 5.56 Å². The molecule has 1 aliphatic carbocycles. The summed E-state index contributed by atoms with van der Waals surface area (Å²) in [5.41, 5.74) is -0.810. The SMILES string of the molecule is CC1CCCC(NC(=O)c2cnn3c(C(F)(F)F)cc(-c4cccs4)nc23)C1C. The summed E-state index contributed by atoms with van der Waals surface area (Å²) in [4.78, 5) is 17.9. The third-order valence-electron chi connectivity index (χ3n) is 5.80. The highest BCUT2D eigenvalue weighted by Gasteiger charge is 2.36. The second-order valence-corrected chi connectivity index (χ2v) is 8.59. The molecule has 1 fully saturated rings. The summed E-state index contributed by atoms with van der Waals surface area (Å²) >= 11 is 1.29. The minimum Gasteiger partial charge on any atom is -0.349 e. The second-order valence-electron chi connectivity index (χ2n) is 7.64. The number of carbonyl (C=O) groups excluding carboxylic acids is 1. The first-order valence-electron chi connectivity index (χ1n) is 9.56. The summed E-state index contributed by atoms with van der Waals surface area (Å²) < 4.78 is 41.6. The van der Waals surface area contributed by atoms with Gasteiger partial charge in [0.2, 0.25) is 0 Å². The summed E-state index contributed by atoms with van der Waals surface area (Å²) in [6.07, 6.45) is -0.463. The summed E-state index contributed by atoms with van der Waals surface area (Å²) in [7, 11) is 0. The van der Waals surface area contributed by atoms with Gasteiger partial charge in [0.25, 0.3) is 5.91 Å². The molecule has 0 bridgehead atoms. The molecule has 0 saturated heterocycles. The number of alkyl halides is 3. The van der Waals surface area contributed by atoms with Crippen LogP contribution in [0.1, 0.15) is 49.2 Å². The van der Waals surface area contributed by atoms with Crippen LogP contribution in [0.4, 0.5) is 13.2 Å². The third-order valence-corrected chi connectivity index (χ3v) is 6.70. The zero-order valence-corrected chi connectivity index (χ0v) is 16.8. The lowest BCUT2D eigenvalue weighted by Gasteiger charge is -2.34. The number of nitrogens with zero attached hydrogens (tertiary/aromatic N) is 3. The van der Waals surface area contributed by atoms with E-state index in [1.807, 2.05) is 0 Å². The fourth-order valence-electron chi connectivity index (χ4n) is 3.91. The number of halogens is 3. The van der Waals surface area contributed by atoms with Crippen molar-refractivity contribution in [2.24, 2.45) is 11.8 Å². The molecule has 1 saturated carbocycles. The van der Waals surface area contributed by atoms with Gasteiger partial charge in [-0.25, -0.2) is 9.50 Å². The van der Waals surface area contributed by atoms with E-state index in [9.17, 15) is 18.0 Å². The topological polar surface area (TPSA) is 59.3 Å². The number of amides is 1. The van der Waals surface area contributed by atoms with E-state index < -0.39 is 17.8 Å². The molecular weight excluding hydrogens is 401 g/mol. The molecule has 154 valence electrons. The Balaban J connectivity index is 1.75. The number of fused-ring (bicyclic) bond motifs is 1. The lowest BCUT2D eigenvalue weighted by atomic mass is 9.78. The lowest BCUT2D eigenvalue weighted by Crippen LogP contribution is -2.43. The Labute approximate surface area is 170 Å². The first-order chi connectivity index (χ1) is 13.8. The van der Waals surface area contributed by atoms with E-state index in [1.165, 1.54) is 17.5 Å². The maximum atomic E-state index is 13.6. The van der Waals surface area contributed by atoms with Crippen LogP contribution >= 0.6 is 11.3 Å². The van der Waals surface area contributed by atoms with Crippen molar-refractivity contribution >= 4 is 22.9 Å². The van der Waals surface area contributed by atoms with Crippen LogP contribution in [-0.2, 0) is 6.18 Å². The first kappa shape index (κ1) is 19.9. The first-order valence-corrected chi connectivity index (χ1v) is 10.4. The lowest BCUT2D eigenvalue weighted by molar-refractivity contribution is -0.142. The van der Waals surface area contributed by atoms with Gasteiger partial charge in [-0.3, -0.25) is 4.79 Å². The molecule has 1 N–H and O–H groups in total. The van der Waals surface area contributed by atoms with Gasteiger partial charge in [0.05, 0.1) is 16.8 Å². The molecule has 1 aliphatic rings. The molecule has 29 heavy (non-hydrogen) atoms. The minimum atomic E-state index is -4.62. The van der Waals surface area contributed by atoms with Crippen molar-refractivity contribution in [3.8, 4) is 10.6 Å². The van der Waals surface area contributed by atoms with Crippen LogP contribution in [0.15, 0.2) is 29.8 Å². The second kappa shape index (κ2) is 7.44. The van der Waals surface area contributed by atoms with Gasteiger partial charge in [0.15, 0.2) is 11.3 Å². The highest BCUT2D eigenvalue weighted by molar-refractivity contribution is 7.13. The number of thiophene rings is 1. The molecule has 0 aliphatic heterocycles. The fourth-order valence-corrected chi connectivity index (χ4v) is 4.59. The Morgan fingerprint density at radius 1 is 1.31 bits per heavy atom. The maximum Gasteiger partial charge on any atom is 0.433 e. The molecule has 5 nitrogen and oxygen atoms in total. The summed E-state index contributed by atoms with van der Waals surface area (Å²) in [6, 6.07) is 4.40. The Morgan fingerprint density at radius 2 is 2.10 bits per heavy atom. The van der Waals surface area contributed by atoms with E-state index in [2.05, 4.69) is 29.2 Å². The molecule has 1 amide bonds. The van der Waals surface area contributed by atoms with Crippen LogP contribution in [0.3, 0.4) is 0 Å². The highest BCUT2D eigenvalue weighted by Crippen LogP contribution is 2.34. The molecule has 3 aromatic rings. The molecule has 0 radical (unpaired) electrons. The van der Waals surface area contributed by atoms with Crippen LogP contribution in [0.5, 0.6) is 0 Å². The van der Waals surface area contributed by atoms with Crippen LogP contribution in [-0.4, -0.2) is 26.5 Å². The number of aromatic nitrogens is 3. The van der Waals surface area contributed by atoms with Gasteiger partial charge < -0.3 is 5.32 Å². The summed E-state index contributed by atoms with van der Waals surface area (Å²) in [5, 5.41) is 8.60. The van der Waals surface area contributed by atoms with E-state index in [4.69, 9.17) is 0 Å². The van der Waals surface area contributed by atoms with E-state index in [0.717, 1.165) is 25.3 Å². The van der Waals surface area contributed by atoms with Crippen molar-refractivity contribution in [1.29, 1.82) is 0 Å². The molecule has 0 aromatic carbocycles. The highest BCUT2D eigenvalue weighted by atomic mass is 32.1. The monoisotopic (exact) mass is 422 g/mol. The third kappa shape index (κ3) is 3.75. The largest absolute Gasteiger partial charge is 0.433 e. The van der Waals surface area contributed by atoms with E-state index >= 15 is 0 Å². The smallest absolute Gasteiger partial charge is 0.349 e. The van der Waals surface area contributed by atoms with Crippen molar-refractivity contribution in [3.63, 3.8) is 0 Å². The van der Waals surface area contributed by atoms with Crippen LogP contribution < -0.4 is 5.32 Å². The van der Waals surface area contributed by atoms with Crippen molar-refractivity contribution in [3.05, 3.63) is 41.0 Å². The van der Waals surface area contributed by atoms with Gasteiger partial charge in [-0.1, -0.05) is 32.8 Å². The van der Waals surface area contributed by atoms with Crippen molar-refractivity contribution in [2.45, 2.75) is 45.3 Å². The summed E-state index contributed by atoms with van der Waals surface area (Å²) in [5.74, 6) is 0.350. The molecule has 3 heterocycles. The number of hydrogen-bond acceptors (Lipinski definition) is 4. The van der Waals surface area contributed by atoms with Crippen LogP contribution in [0, 0.1) is 11.8 Å². The summed E-state index contributed by atoms with van der Waals surface area (Å²) in [6.45, 7) is 4.25. The average molecular weight is 422 g/mol. The number of carbonyl (C=O) groups is 1. The molecule has 4 rings (SSSR count). The normalized spacial score (nSPS) is 22.7. The predicted octanol–water partition coefficient (Wildman–Crippen LogP) is 5.03. The zero-order chi connectivity index (χ0) is 20.8.